The molecule has 0 heterocycles. The van der Waals surface area contributed by atoms with E-state index in [0.29, 0.717) is 0 Å². The Morgan fingerprint density at radius 3 is 2.14 bits per heavy atom. The van der Waals surface area contributed by atoms with Gasteiger partial charge >= 0.3 is 0 Å². The van der Waals surface area contributed by atoms with Crippen molar-refractivity contribution >= 4 is 5.91 Å². The molecule has 2 nitrogen and oxygen atoms in total. The van der Waals surface area contributed by atoms with Crippen LogP contribution in [0.5, 0.6) is 0 Å². The summed E-state index contributed by atoms with van der Waals surface area (Å²) in [5, 5.41) is 3.18. The van der Waals surface area contributed by atoms with Gasteiger partial charge in [0.15, 0.2) is 0 Å². The van der Waals surface area contributed by atoms with Crippen LogP contribution in [-0.4, -0.2) is 5.91 Å². The average molecular weight is 281 g/mol. The van der Waals surface area contributed by atoms with E-state index in [2.05, 4.69) is 42.6 Å². The van der Waals surface area contributed by atoms with Crippen molar-refractivity contribution in [2.45, 2.75) is 33.7 Å². The molecule has 0 radical (unpaired) electrons. The Labute approximate surface area is 127 Å². The highest BCUT2D eigenvalue weighted by atomic mass is 16.2. The van der Waals surface area contributed by atoms with E-state index < -0.39 is 5.41 Å². The van der Waals surface area contributed by atoms with Gasteiger partial charge in [-0.1, -0.05) is 80.9 Å². The fraction of sp³-hybridized carbons (Fsp3) is 0.316. The van der Waals surface area contributed by atoms with Crippen molar-refractivity contribution < 1.29 is 4.79 Å². The second-order valence-corrected chi connectivity index (χ2v) is 6.48. The molecule has 21 heavy (non-hydrogen) atoms. The predicted octanol–water partition coefficient (Wildman–Crippen LogP) is 4.25. The molecule has 1 N–H and O–H groups in total. The molecule has 0 fully saturated rings. The Morgan fingerprint density at radius 2 is 1.57 bits per heavy atom. The monoisotopic (exact) mass is 281 g/mol. The maximum absolute atomic E-state index is 12.4. The number of carbonyl (C=O) groups is 1. The lowest BCUT2D eigenvalue weighted by Crippen LogP contribution is -2.37. The number of aryl methyl sites for hydroxylation is 1. The average Bonchev–Trinajstić information content (AvgIpc) is 2.44. The topological polar surface area (TPSA) is 29.1 Å². The van der Waals surface area contributed by atoms with Crippen molar-refractivity contribution in [1.82, 2.24) is 5.32 Å². The lowest BCUT2D eigenvalue weighted by molar-refractivity contribution is -0.129. The van der Waals surface area contributed by atoms with E-state index in [-0.39, 0.29) is 11.9 Å². The van der Waals surface area contributed by atoms with Gasteiger partial charge in [-0.25, -0.2) is 0 Å². The summed E-state index contributed by atoms with van der Waals surface area (Å²) in [5.41, 5.74) is 2.99. The maximum Gasteiger partial charge on any atom is 0.226 e. The van der Waals surface area contributed by atoms with Gasteiger partial charge in [-0.15, -0.1) is 0 Å². The number of nitrogens with one attached hydrogen (secondary N) is 1. The van der Waals surface area contributed by atoms with Crippen molar-refractivity contribution in [2.24, 2.45) is 5.41 Å². The van der Waals surface area contributed by atoms with Crippen LogP contribution in [0.3, 0.4) is 0 Å². The van der Waals surface area contributed by atoms with E-state index in [1.165, 1.54) is 5.56 Å². The fourth-order valence-electron chi connectivity index (χ4n) is 2.20. The van der Waals surface area contributed by atoms with Gasteiger partial charge in [0, 0.05) is 5.41 Å². The van der Waals surface area contributed by atoms with Crippen LogP contribution in [-0.2, 0) is 4.79 Å². The molecule has 2 aromatic rings. The van der Waals surface area contributed by atoms with Crippen molar-refractivity contribution in [3.05, 3.63) is 71.3 Å². The van der Waals surface area contributed by atoms with E-state index in [9.17, 15) is 4.79 Å². The Balaban J connectivity index is 2.38. The summed E-state index contributed by atoms with van der Waals surface area (Å²) in [6, 6.07) is 18.3. The summed E-state index contributed by atoms with van der Waals surface area (Å²) >= 11 is 0. The molecule has 0 spiro atoms. The van der Waals surface area contributed by atoms with Crippen LogP contribution in [0.15, 0.2) is 54.6 Å². The summed E-state index contributed by atoms with van der Waals surface area (Å²) in [7, 11) is 0. The first-order chi connectivity index (χ1) is 9.88. The smallest absolute Gasteiger partial charge is 0.226 e. The molecule has 0 unspecified atom stereocenters. The molecule has 2 aromatic carbocycles. The summed E-state index contributed by atoms with van der Waals surface area (Å²) in [5.74, 6) is 0.0536. The molecular formula is C19H23NO. The van der Waals surface area contributed by atoms with Crippen LogP contribution in [0.25, 0.3) is 0 Å². The van der Waals surface area contributed by atoms with Crippen molar-refractivity contribution in [1.29, 1.82) is 0 Å². The van der Waals surface area contributed by atoms with Gasteiger partial charge in [-0.2, -0.15) is 0 Å². The molecule has 1 amide bonds. The second-order valence-electron chi connectivity index (χ2n) is 6.48. The van der Waals surface area contributed by atoms with E-state index in [0.717, 1.165) is 11.1 Å². The highest BCUT2D eigenvalue weighted by Crippen LogP contribution is 2.25. The maximum atomic E-state index is 12.4. The number of hydrogen-bond donors (Lipinski definition) is 1. The third-order valence-corrected chi connectivity index (χ3v) is 3.46. The first kappa shape index (κ1) is 15.3. The molecule has 0 aromatic heterocycles. The van der Waals surface area contributed by atoms with Crippen LogP contribution in [0.1, 0.15) is 43.5 Å². The largest absolute Gasteiger partial charge is 0.345 e. The first-order valence-corrected chi connectivity index (χ1v) is 7.30. The number of rotatable bonds is 3. The van der Waals surface area contributed by atoms with Gasteiger partial charge in [0.05, 0.1) is 6.04 Å². The lowest BCUT2D eigenvalue weighted by Gasteiger charge is -2.25. The third kappa shape index (κ3) is 3.94. The molecule has 1 atom stereocenters. The quantitative estimate of drug-likeness (QED) is 0.895. The summed E-state index contributed by atoms with van der Waals surface area (Å²) in [4.78, 5) is 12.4. The number of hydrogen-bond acceptors (Lipinski definition) is 1. The van der Waals surface area contributed by atoms with Crippen LogP contribution in [0, 0.1) is 12.3 Å². The lowest BCUT2D eigenvalue weighted by atomic mass is 9.92. The molecule has 0 saturated heterocycles. The van der Waals surface area contributed by atoms with E-state index in [4.69, 9.17) is 0 Å². The first-order valence-electron chi connectivity index (χ1n) is 7.30. The zero-order valence-electron chi connectivity index (χ0n) is 13.2. The number of benzene rings is 2. The summed E-state index contributed by atoms with van der Waals surface area (Å²) in [6.45, 7) is 7.86. The molecular weight excluding hydrogens is 258 g/mol. The molecule has 0 aliphatic rings. The molecule has 2 heteroatoms. The van der Waals surface area contributed by atoms with Crippen LogP contribution in [0.2, 0.25) is 0 Å². The zero-order valence-corrected chi connectivity index (χ0v) is 13.2. The molecule has 110 valence electrons. The Morgan fingerprint density at radius 1 is 0.952 bits per heavy atom. The van der Waals surface area contributed by atoms with Gasteiger partial charge in [-0.05, 0) is 18.1 Å². The van der Waals surface area contributed by atoms with E-state index >= 15 is 0 Å². The van der Waals surface area contributed by atoms with Gasteiger partial charge in [0.1, 0.15) is 0 Å². The third-order valence-electron chi connectivity index (χ3n) is 3.46. The van der Waals surface area contributed by atoms with Crippen LogP contribution in [0.4, 0.5) is 0 Å². The van der Waals surface area contributed by atoms with E-state index in [1.54, 1.807) is 0 Å². The Bertz CT molecular complexity index is 611. The van der Waals surface area contributed by atoms with Crippen LogP contribution >= 0.6 is 0 Å². The predicted molar refractivity (Wildman–Crippen MR) is 87.1 cm³/mol. The van der Waals surface area contributed by atoms with Crippen molar-refractivity contribution in [3.63, 3.8) is 0 Å². The van der Waals surface area contributed by atoms with Crippen molar-refractivity contribution in [2.75, 3.05) is 0 Å². The van der Waals surface area contributed by atoms with E-state index in [1.807, 2.05) is 45.0 Å². The molecule has 0 aliphatic carbocycles. The summed E-state index contributed by atoms with van der Waals surface area (Å²) < 4.78 is 0. The normalized spacial score (nSPS) is 12.8. The van der Waals surface area contributed by atoms with Gasteiger partial charge < -0.3 is 5.32 Å². The van der Waals surface area contributed by atoms with Gasteiger partial charge in [-0.3, -0.25) is 4.79 Å². The van der Waals surface area contributed by atoms with Gasteiger partial charge in [0.25, 0.3) is 0 Å². The highest BCUT2D eigenvalue weighted by molar-refractivity contribution is 5.82. The second kappa shape index (κ2) is 6.13. The minimum absolute atomic E-state index is 0.0536. The zero-order chi connectivity index (χ0) is 15.5. The Kier molecular flexibility index (Phi) is 4.46. The molecule has 2 rings (SSSR count). The minimum Gasteiger partial charge on any atom is -0.345 e. The molecule has 0 bridgehead atoms. The van der Waals surface area contributed by atoms with Gasteiger partial charge in [0.2, 0.25) is 5.91 Å². The molecule has 0 saturated carbocycles. The Hall–Kier alpha value is -2.09. The number of amides is 1. The van der Waals surface area contributed by atoms with Crippen molar-refractivity contribution in [3.8, 4) is 0 Å². The van der Waals surface area contributed by atoms with Crippen LogP contribution < -0.4 is 5.32 Å². The standard InChI is InChI=1S/C19H23NO/c1-14-9-8-12-16(13-14)17(15-10-6-5-7-11-15)20-18(21)19(2,3)4/h5-13,17H,1-4H3,(H,20,21)/t17-/m1/s1. The minimum atomic E-state index is -0.406. The number of carbonyl (C=O) groups excluding carboxylic acids is 1. The SMILES string of the molecule is Cc1cccc([C@H](NC(=O)C(C)(C)C)c2ccccc2)c1. The fourth-order valence-corrected chi connectivity index (χ4v) is 2.20. The summed E-state index contributed by atoms with van der Waals surface area (Å²) in [6.07, 6.45) is 0. The molecule has 0 aliphatic heterocycles. The highest BCUT2D eigenvalue weighted by Gasteiger charge is 2.25.